The van der Waals surface area contributed by atoms with Crippen molar-refractivity contribution in [2.75, 3.05) is 24.9 Å². The van der Waals surface area contributed by atoms with Gasteiger partial charge in [0.05, 0.1) is 24.6 Å². The first-order chi connectivity index (χ1) is 15.0. The lowest BCUT2D eigenvalue weighted by atomic mass is 9.83. The minimum Gasteiger partial charge on any atom is -0.466 e. The summed E-state index contributed by atoms with van der Waals surface area (Å²) >= 11 is 1.57. The highest BCUT2D eigenvalue weighted by Gasteiger charge is 2.34. The van der Waals surface area contributed by atoms with Gasteiger partial charge in [0, 0.05) is 11.1 Å². The third-order valence-electron chi connectivity index (χ3n) is 5.99. The zero-order chi connectivity index (χ0) is 22.1. The highest BCUT2D eigenvalue weighted by molar-refractivity contribution is 8.05. The predicted octanol–water partition coefficient (Wildman–Crippen LogP) is 7.35. The summed E-state index contributed by atoms with van der Waals surface area (Å²) in [6.07, 6.45) is 7.06. The molecule has 6 heteroatoms. The highest BCUT2D eigenvalue weighted by Crippen LogP contribution is 2.54. The van der Waals surface area contributed by atoms with Crippen molar-refractivity contribution in [3.05, 3.63) is 42.5 Å². The van der Waals surface area contributed by atoms with Crippen LogP contribution in [0.25, 0.3) is 10.8 Å². The Balaban J connectivity index is 1.74. The lowest BCUT2D eigenvalue weighted by Gasteiger charge is -2.28. The molecule has 2 unspecified atom stereocenters. The van der Waals surface area contributed by atoms with E-state index >= 15 is 0 Å². The molecule has 2 aromatic carbocycles. The number of esters is 1. The average molecular weight is 463 g/mol. The molecule has 0 saturated heterocycles. The number of hydrogen-bond donors (Lipinski definition) is 0. The van der Waals surface area contributed by atoms with E-state index in [1.54, 1.807) is 11.8 Å². The molecule has 0 aliphatic heterocycles. The average Bonchev–Trinajstić information content (AvgIpc) is 2.78. The van der Waals surface area contributed by atoms with Crippen LogP contribution in [0.4, 0.5) is 0 Å². The van der Waals surface area contributed by atoms with Crippen molar-refractivity contribution in [3.63, 3.8) is 0 Å². The molecule has 4 nitrogen and oxygen atoms in total. The van der Waals surface area contributed by atoms with Crippen molar-refractivity contribution in [2.24, 2.45) is 11.8 Å². The van der Waals surface area contributed by atoms with Gasteiger partial charge in [-0.25, -0.2) is 0 Å². The summed E-state index contributed by atoms with van der Waals surface area (Å²) < 4.78 is 25.0. The topological polar surface area (TPSA) is 52.6 Å². The number of ether oxygens (including phenoxy) is 1. The molecular weight excluding hydrogens is 427 g/mol. The van der Waals surface area contributed by atoms with Crippen LogP contribution in [-0.2, 0) is 18.6 Å². The fourth-order valence-corrected chi connectivity index (χ4v) is 8.66. The summed E-state index contributed by atoms with van der Waals surface area (Å²) in [4.78, 5) is 13.8. The van der Waals surface area contributed by atoms with E-state index < -0.39 is 7.37 Å². The second-order valence-corrected chi connectivity index (χ2v) is 12.4. The Bertz CT molecular complexity index is 889. The molecule has 0 aromatic heterocycles. The lowest BCUT2D eigenvalue weighted by molar-refractivity contribution is -0.148. The van der Waals surface area contributed by atoms with Crippen molar-refractivity contribution in [1.82, 2.24) is 0 Å². The number of carbonyl (C=O) groups is 1. The summed E-state index contributed by atoms with van der Waals surface area (Å²) in [6.45, 7) is 4.43. The van der Waals surface area contributed by atoms with Gasteiger partial charge in [0.15, 0.2) is 0 Å². The van der Waals surface area contributed by atoms with Crippen molar-refractivity contribution >= 4 is 35.9 Å². The van der Waals surface area contributed by atoms with Crippen molar-refractivity contribution < 1.29 is 18.6 Å². The molecule has 0 N–H and O–H groups in total. The van der Waals surface area contributed by atoms with Crippen LogP contribution in [-0.4, -0.2) is 30.8 Å². The summed E-state index contributed by atoms with van der Waals surface area (Å²) in [5, 5.41) is 2.32. The number of carbonyl (C=O) groups excluding carboxylic acids is 1. The molecule has 3 rings (SSSR count). The zero-order valence-corrected chi connectivity index (χ0v) is 20.5. The Hall–Kier alpha value is -1.29. The van der Waals surface area contributed by atoms with E-state index in [1.165, 1.54) is 24.6 Å². The minimum absolute atomic E-state index is 0.219. The van der Waals surface area contributed by atoms with Gasteiger partial charge < -0.3 is 9.26 Å². The van der Waals surface area contributed by atoms with Gasteiger partial charge in [-0.1, -0.05) is 68.5 Å². The molecule has 1 aliphatic carbocycles. The first-order valence-electron chi connectivity index (χ1n) is 11.5. The maximum Gasteiger partial charge on any atom is 0.309 e. The molecule has 31 heavy (non-hydrogen) atoms. The van der Waals surface area contributed by atoms with Crippen LogP contribution in [0.15, 0.2) is 47.4 Å². The van der Waals surface area contributed by atoms with Crippen molar-refractivity contribution in [1.29, 1.82) is 0 Å². The Morgan fingerprint density at radius 3 is 2.55 bits per heavy atom. The second kappa shape index (κ2) is 12.1. The van der Waals surface area contributed by atoms with Crippen molar-refractivity contribution in [2.45, 2.75) is 57.3 Å². The minimum atomic E-state index is -3.00. The standard InChI is InChI=1S/C25H35O4PS/c1-3-28-25(26)22(17-20-11-6-5-7-12-20)18-30(27,29-4-2)19-31-24-16-10-14-21-13-8-9-15-23(21)24/h8-10,13-16,20,22H,3-7,11-12,17-19H2,1-2H3. The zero-order valence-electron chi connectivity index (χ0n) is 18.8. The quantitative estimate of drug-likeness (QED) is 0.198. The van der Waals surface area contributed by atoms with E-state index in [0.29, 0.717) is 24.6 Å². The van der Waals surface area contributed by atoms with Gasteiger partial charge in [-0.05, 0) is 43.0 Å². The van der Waals surface area contributed by atoms with Gasteiger partial charge in [-0.3, -0.25) is 9.36 Å². The molecule has 0 heterocycles. The van der Waals surface area contributed by atoms with Gasteiger partial charge in [-0.2, -0.15) is 0 Å². The molecular formula is C25H35O4PS. The van der Waals surface area contributed by atoms with Crippen LogP contribution in [0.3, 0.4) is 0 Å². The van der Waals surface area contributed by atoms with E-state index in [-0.39, 0.29) is 18.0 Å². The fourth-order valence-electron chi connectivity index (χ4n) is 4.53. The Morgan fingerprint density at radius 1 is 1.06 bits per heavy atom. The summed E-state index contributed by atoms with van der Waals surface area (Å²) in [5.41, 5.74) is 0.370. The van der Waals surface area contributed by atoms with E-state index in [1.807, 2.05) is 32.0 Å². The first kappa shape index (κ1) is 24.4. The maximum absolute atomic E-state index is 13.8. The monoisotopic (exact) mass is 462 g/mol. The summed E-state index contributed by atoms with van der Waals surface area (Å²) in [7, 11) is -3.00. The normalized spacial score (nSPS) is 17.9. The molecule has 0 bridgehead atoms. The number of thioether (sulfide) groups is 1. The number of benzene rings is 2. The van der Waals surface area contributed by atoms with Crippen LogP contribution >= 0.6 is 19.1 Å². The van der Waals surface area contributed by atoms with E-state index in [0.717, 1.165) is 29.5 Å². The fraction of sp³-hybridized carbons (Fsp3) is 0.560. The maximum atomic E-state index is 13.8. The smallest absolute Gasteiger partial charge is 0.309 e. The molecule has 2 aromatic rings. The Kier molecular flexibility index (Phi) is 9.49. The SMILES string of the molecule is CCOC(=O)C(CC1CCCCC1)CP(=O)(CSc1cccc2ccccc12)OCC. The Labute approximate surface area is 190 Å². The van der Waals surface area contributed by atoms with Crippen LogP contribution < -0.4 is 0 Å². The van der Waals surface area contributed by atoms with E-state index in [4.69, 9.17) is 9.26 Å². The number of hydrogen-bond acceptors (Lipinski definition) is 5. The van der Waals surface area contributed by atoms with Crippen LogP contribution in [0.5, 0.6) is 0 Å². The molecule has 170 valence electrons. The van der Waals surface area contributed by atoms with Gasteiger partial charge in [0.2, 0.25) is 7.37 Å². The molecule has 0 radical (unpaired) electrons. The van der Waals surface area contributed by atoms with Gasteiger partial charge in [0.1, 0.15) is 0 Å². The summed E-state index contributed by atoms with van der Waals surface area (Å²) in [6, 6.07) is 14.4. The van der Waals surface area contributed by atoms with Crippen LogP contribution in [0.2, 0.25) is 0 Å². The Morgan fingerprint density at radius 2 is 1.81 bits per heavy atom. The molecule has 2 atom stereocenters. The lowest BCUT2D eigenvalue weighted by Crippen LogP contribution is -2.26. The van der Waals surface area contributed by atoms with Gasteiger partial charge in [-0.15, -0.1) is 11.8 Å². The van der Waals surface area contributed by atoms with Gasteiger partial charge in [0.25, 0.3) is 0 Å². The first-order valence-corrected chi connectivity index (χ1v) is 14.5. The third-order valence-corrected chi connectivity index (χ3v) is 10.5. The predicted molar refractivity (Wildman–Crippen MR) is 130 cm³/mol. The molecule has 1 aliphatic rings. The van der Waals surface area contributed by atoms with Crippen molar-refractivity contribution in [3.8, 4) is 0 Å². The van der Waals surface area contributed by atoms with E-state index in [2.05, 4.69) is 24.3 Å². The number of rotatable bonds is 11. The summed E-state index contributed by atoms with van der Waals surface area (Å²) in [5.74, 6) is -0.0549. The van der Waals surface area contributed by atoms with Gasteiger partial charge >= 0.3 is 5.97 Å². The molecule has 0 amide bonds. The third kappa shape index (κ3) is 7.10. The molecule has 1 saturated carbocycles. The van der Waals surface area contributed by atoms with Crippen LogP contribution in [0, 0.1) is 11.8 Å². The highest BCUT2D eigenvalue weighted by atomic mass is 32.2. The molecule has 1 fully saturated rings. The number of fused-ring (bicyclic) bond motifs is 1. The second-order valence-electron chi connectivity index (χ2n) is 8.35. The largest absolute Gasteiger partial charge is 0.466 e. The van der Waals surface area contributed by atoms with Crippen LogP contribution in [0.1, 0.15) is 52.4 Å². The molecule has 0 spiro atoms. The van der Waals surface area contributed by atoms with E-state index in [9.17, 15) is 9.36 Å².